The van der Waals surface area contributed by atoms with Crippen molar-refractivity contribution in [3.8, 4) is 0 Å². The van der Waals surface area contributed by atoms with Gasteiger partial charge in [0, 0.05) is 6.20 Å². The van der Waals surface area contributed by atoms with Crippen LogP contribution in [0.1, 0.15) is 19.8 Å². The van der Waals surface area contributed by atoms with E-state index in [1.807, 2.05) is 6.92 Å². The summed E-state index contributed by atoms with van der Waals surface area (Å²) >= 11 is 5.89. The highest BCUT2D eigenvalue weighted by Crippen LogP contribution is 2.22. The van der Waals surface area contributed by atoms with Gasteiger partial charge in [-0.1, -0.05) is 11.6 Å². The first-order valence-corrected chi connectivity index (χ1v) is 5.61. The zero-order valence-electron chi connectivity index (χ0n) is 8.94. The summed E-state index contributed by atoms with van der Waals surface area (Å²) < 4.78 is 5.45. The number of halogens is 1. The van der Waals surface area contributed by atoms with Gasteiger partial charge in [0.1, 0.15) is 6.10 Å². The van der Waals surface area contributed by atoms with Crippen molar-refractivity contribution < 1.29 is 9.53 Å². The van der Waals surface area contributed by atoms with Crippen LogP contribution in [0.25, 0.3) is 0 Å². The molecule has 5 heteroatoms. The second-order valence-electron chi connectivity index (χ2n) is 3.84. The molecular formula is C11H13ClN2O2. The van der Waals surface area contributed by atoms with E-state index in [0.717, 1.165) is 12.8 Å². The van der Waals surface area contributed by atoms with E-state index in [1.54, 1.807) is 18.3 Å². The quantitative estimate of drug-likeness (QED) is 0.863. The molecule has 1 aromatic rings. The first-order valence-electron chi connectivity index (χ1n) is 5.23. The Bertz CT molecular complexity index is 397. The molecule has 1 fully saturated rings. The third-order valence-electron chi connectivity index (χ3n) is 2.52. The number of rotatable bonds is 2. The number of hydrogen-bond donors (Lipinski definition) is 1. The van der Waals surface area contributed by atoms with Gasteiger partial charge in [0.15, 0.2) is 5.82 Å². The maximum atomic E-state index is 11.8. The van der Waals surface area contributed by atoms with E-state index in [9.17, 15) is 4.79 Å². The summed E-state index contributed by atoms with van der Waals surface area (Å²) in [6, 6.07) is 3.40. The predicted octanol–water partition coefficient (Wildman–Crippen LogP) is 2.24. The summed E-state index contributed by atoms with van der Waals surface area (Å²) in [6.45, 7) is 1.96. The Morgan fingerprint density at radius 1 is 1.62 bits per heavy atom. The van der Waals surface area contributed by atoms with Crippen molar-refractivity contribution in [2.24, 2.45) is 0 Å². The molecule has 1 aliphatic heterocycles. The van der Waals surface area contributed by atoms with E-state index in [2.05, 4.69) is 10.3 Å². The lowest BCUT2D eigenvalue weighted by molar-refractivity contribution is -0.126. The fourth-order valence-electron chi connectivity index (χ4n) is 1.67. The third kappa shape index (κ3) is 2.51. The topological polar surface area (TPSA) is 51.2 Å². The van der Waals surface area contributed by atoms with Gasteiger partial charge in [-0.05, 0) is 31.9 Å². The SMILES string of the molecule is CC1CCC(C(=O)Nc2ncccc2Cl)O1. The molecule has 86 valence electrons. The molecule has 1 aliphatic rings. The number of carbonyl (C=O) groups is 1. The lowest BCUT2D eigenvalue weighted by Crippen LogP contribution is -2.28. The maximum absolute atomic E-state index is 11.8. The van der Waals surface area contributed by atoms with Gasteiger partial charge in [-0.3, -0.25) is 4.79 Å². The van der Waals surface area contributed by atoms with Crippen LogP contribution in [-0.2, 0) is 9.53 Å². The van der Waals surface area contributed by atoms with Gasteiger partial charge in [0.2, 0.25) is 0 Å². The molecule has 2 rings (SSSR count). The maximum Gasteiger partial charge on any atom is 0.254 e. The number of pyridine rings is 1. The monoisotopic (exact) mass is 240 g/mol. The molecule has 16 heavy (non-hydrogen) atoms. The van der Waals surface area contributed by atoms with E-state index in [1.165, 1.54) is 0 Å². The lowest BCUT2D eigenvalue weighted by Gasteiger charge is -2.11. The molecule has 0 radical (unpaired) electrons. The number of carbonyl (C=O) groups excluding carboxylic acids is 1. The minimum Gasteiger partial charge on any atom is -0.365 e. The van der Waals surface area contributed by atoms with Crippen molar-refractivity contribution in [3.05, 3.63) is 23.4 Å². The third-order valence-corrected chi connectivity index (χ3v) is 2.83. The van der Waals surface area contributed by atoms with Gasteiger partial charge in [-0.2, -0.15) is 0 Å². The zero-order valence-corrected chi connectivity index (χ0v) is 9.70. The molecule has 2 unspecified atom stereocenters. The summed E-state index contributed by atoms with van der Waals surface area (Å²) in [4.78, 5) is 15.8. The lowest BCUT2D eigenvalue weighted by atomic mass is 10.2. The van der Waals surface area contributed by atoms with Crippen molar-refractivity contribution in [1.82, 2.24) is 4.98 Å². The van der Waals surface area contributed by atoms with Crippen LogP contribution in [0.3, 0.4) is 0 Å². The van der Waals surface area contributed by atoms with Gasteiger partial charge in [-0.25, -0.2) is 4.98 Å². The number of aromatic nitrogens is 1. The van der Waals surface area contributed by atoms with Gasteiger partial charge in [0.25, 0.3) is 5.91 Å². The summed E-state index contributed by atoms with van der Waals surface area (Å²) in [5.74, 6) is 0.210. The molecule has 4 nitrogen and oxygen atoms in total. The van der Waals surface area contributed by atoms with Crippen molar-refractivity contribution in [2.75, 3.05) is 5.32 Å². The van der Waals surface area contributed by atoms with E-state index in [4.69, 9.17) is 16.3 Å². The molecule has 0 spiro atoms. The van der Waals surface area contributed by atoms with Crippen LogP contribution >= 0.6 is 11.6 Å². The number of ether oxygens (including phenoxy) is 1. The molecular weight excluding hydrogens is 228 g/mol. The molecule has 1 aromatic heterocycles. The van der Waals surface area contributed by atoms with Crippen molar-refractivity contribution >= 4 is 23.3 Å². The van der Waals surface area contributed by atoms with Gasteiger partial charge < -0.3 is 10.1 Å². The molecule has 0 aliphatic carbocycles. The van der Waals surface area contributed by atoms with Crippen molar-refractivity contribution in [2.45, 2.75) is 32.0 Å². The highest BCUT2D eigenvalue weighted by molar-refractivity contribution is 6.33. The summed E-state index contributed by atoms with van der Waals surface area (Å²) in [6.07, 6.45) is 3.01. The minimum atomic E-state index is -0.381. The summed E-state index contributed by atoms with van der Waals surface area (Å²) in [5, 5.41) is 3.10. The summed E-state index contributed by atoms with van der Waals surface area (Å²) in [7, 11) is 0. The Kier molecular flexibility index (Phi) is 3.41. The Morgan fingerprint density at radius 3 is 3.06 bits per heavy atom. The molecule has 1 N–H and O–H groups in total. The Hall–Kier alpha value is -1.13. The molecule has 1 saturated heterocycles. The number of nitrogens with one attached hydrogen (secondary N) is 1. The molecule has 0 bridgehead atoms. The van der Waals surface area contributed by atoms with E-state index in [-0.39, 0.29) is 18.1 Å². The number of amides is 1. The second kappa shape index (κ2) is 4.80. The zero-order chi connectivity index (χ0) is 11.5. The van der Waals surface area contributed by atoms with Crippen LogP contribution in [0.5, 0.6) is 0 Å². The minimum absolute atomic E-state index is 0.148. The summed E-state index contributed by atoms with van der Waals surface area (Å²) in [5.41, 5.74) is 0. The predicted molar refractivity (Wildman–Crippen MR) is 61.4 cm³/mol. The standard InChI is InChI=1S/C11H13ClN2O2/c1-7-4-5-9(16-7)11(15)14-10-8(12)3-2-6-13-10/h2-3,6-7,9H,4-5H2,1H3,(H,13,14,15). The van der Waals surface area contributed by atoms with Gasteiger partial charge >= 0.3 is 0 Å². The highest BCUT2D eigenvalue weighted by Gasteiger charge is 2.28. The van der Waals surface area contributed by atoms with Gasteiger partial charge in [-0.15, -0.1) is 0 Å². The van der Waals surface area contributed by atoms with E-state index >= 15 is 0 Å². The van der Waals surface area contributed by atoms with Crippen LogP contribution in [0.15, 0.2) is 18.3 Å². The first-order chi connectivity index (χ1) is 7.66. The van der Waals surface area contributed by atoms with Gasteiger partial charge in [0.05, 0.1) is 11.1 Å². The number of anilines is 1. The Labute approximate surface area is 99.0 Å². The molecule has 1 amide bonds. The van der Waals surface area contributed by atoms with Crippen LogP contribution in [0.4, 0.5) is 5.82 Å². The van der Waals surface area contributed by atoms with Crippen LogP contribution < -0.4 is 5.32 Å². The van der Waals surface area contributed by atoms with E-state index in [0.29, 0.717) is 10.8 Å². The van der Waals surface area contributed by atoms with Crippen LogP contribution in [0.2, 0.25) is 5.02 Å². The molecule has 2 heterocycles. The Balaban J connectivity index is 2.00. The molecule has 0 saturated carbocycles. The molecule has 0 aromatic carbocycles. The fraction of sp³-hybridized carbons (Fsp3) is 0.455. The van der Waals surface area contributed by atoms with Crippen molar-refractivity contribution in [3.63, 3.8) is 0 Å². The normalized spacial score (nSPS) is 24.4. The highest BCUT2D eigenvalue weighted by atomic mass is 35.5. The second-order valence-corrected chi connectivity index (χ2v) is 4.24. The Morgan fingerprint density at radius 2 is 2.44 bits per heavy atom. The fourth-order valence-corrected chi connectivity index (χ4v) is 1.84. The average molecular weight is 241 g/mol. The van der Waals surface area contributed by atoms with Crippen LogP contribution in [-0.4, -0.2) is 23.1 Å². The molecule has 2 atom stereocenters. The van der Waals surface area contributed by atoms with Crippen molar-refractivity contribution in [1.29, 1.82) is 0 Å². The average Bonchev–Trinajstić information content (AvgIpc) is 2.68. The van der Waals surface area contributed by atoms with E-state index < -0.39 is 0 Å². The number of nitrogens with zero attached hydrogens (tertiary/aromatic N) is 1. The van der Waals surface area contributed by atoms with Crippen LogP contribution in [0, 0.1) is 0 Å². The smallest absolute Gasteiger partial charge is 0.254 e. The largest absolute Gasteiger partial charge is 0.365 e. The number of hydrogen-bond acceptors (Lipinski definition) is 3. The first kappa shape index (κ1) is 11.4.